The Morgan fingerprint density at radius 1 is 1.11 bits per heavy atom. The molecule has 3 heterocycles. The summed E-state index contributed by atoms with van der Waals surface area (Å²) in [5, 5.41) is 16.4. The van der Waals surface area contributed by atoms with Crippen LogP contribution in [-0.4, -0.2) is 30.5 Å². The monoisotopic (exact) mass is 492 g/mol. The van der Waals surface area contributed by atoms with Crippen LogP contribution in [-0.2, 0) is 19.8 Å². The lowest BCUT2D eigenvalue weighted by Crippen LogP contribution is -2.22. The molecule has 1 amide bonds. The number of aromatic nitrogens is 5. The predicted molar refractivity (Wildman–Crippen MR) is 129 cm³/mol. The predicted octanol–water partition coefficient (Wildman–Crippen LogP) is 5.46. The maximum Gasteiger partial charge on any atom is 0.416 e. The third-order valence-electron chi connectivity index (χ3n) is 6.88. The summed E-state index contributed by atoms with van der Waals surface area (Å²) < 4.78 is 42.6. The fourth-order valence-electron chi connectivity index (χ4n) is 4.76. The Bertz CT molecular complexity index is 1590. The molecule has 10 heteroatoms. The molecule has 2 aromatic carbocycles. The van der Waals surface area contributed by atoms with Crippen molar-refractivity contribution in [2.24, 2.45) is 7.05 Å². The Morgan fingerprint density at radius 3 is 2.58 bits per heavy atom. The van der Waals surface area contributed by atoms with E-state index in [4.69, 9.17) is 0 Å². The molecule has 0 unspecified atom stereocenters. The first kappa shape index (κ1) is 22.4. The molecule has 1 aliphatic rings. The molecule has 1 fully saturated rings. The Morgan fingerprint density at radius 2 is 1.89 bits per heavy atom. The van der Waals surface area contributed by atoms with Crippen LogP contribution >= 0.6 is 0 Å². The van der Waals surface area contributed by atoms with E-state index in [9.17, 15) is 18.0 Å². The maximum absolute atomic E-state index is 13.1. The summed E-state index contributed by atoms with van der Waals surface area (Å²) in [4.78, 5) is 12.9. The molecule has 0 bridgehead atoms. The number of H-pyrrole nitrogens is 1. The molecule has 1 aliphatic carbocycles. The molecular formula is C26H23F3N6O. The third-order valence-corrected chi connectivity index (χ3v) is 6.88. The maximum atomic E-state index is 13.1. The molecule has 0 atom stereocenters. The largest absolute Gasteiger partial charge is 0.416 e. The van der Waals surface area contributed by atoms with Crippen LogP contribution in [0.5, 0.6) is 0 Å². The molecule has 1 saturated carbocycles. The van der Waals surface area contributed by atoms with Crippen LogP contribution in [0.15, 0.2) is 54.7 Å². The molecule has 0 spiro atoms. The zero-order valence-electron chi connectivity index (χ0n) is 19.4. The van der Waals surface area contributed by atoms with Crippen LogP contribution in [0.25, 0.3) is 27.6 Å². The van der Waals surface area contributed by atoms with Crippen molar-refractivity contribution in [3.63, 3.8) is 0 Å². The first-order chi connectivity index (χ1) is 17.3. The minimum atomic E-state index is -4.41. The lowest BCUT2D eigenvalue weighted by Gasteiger charge is -2.22. The number of halogens is 3. The Kier molecular flexibility index (Phi) is 5.13. The highest BCUT2D eigenvalue weighted by atomic mass is 19.4. The van der Waals surface area contributed by atoms with Gasteiger partial charge in [0.25, 0.3) is 5.91 Å². The normalized spacial score (nSPS) is 14.4. The van der Waals surface area contributed by atoms with Gasteiger partial charge in [-0.15, -0.1) is 0 Å². The Labute approximate surface area is 203 Å². The summed E-state index contributed by atoms with van der Waals surface area (Å²) in [6.45, 7) is 0.339. The van der Waals surface area contributed by atoms with Gasteiger partial charge in [-0.05, 0) is 61.4 Å². The first-order valence-corrected chi connectivity index (χ1v) is 11.8. The smallest absolute Gasteiger partial charge is 0.346 e. The van der Waals surface area contributed by atoms with Crippen LogP contribution in [0.2, 0.25) is 0 Å². The third kappa shape index (κ3) is 3.82. The van der Waals surface area contributed by atoms with E-state index < -0.39 is 11.7 Å². The topological polar surface area (TPSA) is 80.5 Å². The fraction of sp³-hybridized carbons (Fsp3) is 0.269. The molecule has 184 valence electrons. The van der Waals surface area contributed by atoms with Gasteiger partial charge in [0.1, 0.15) is 0 Å². The van der Waals surface area contributed by atoms with Crippen molar-refractivity contribution in [1.82, 2.24) is 29.9 Å². The fourth-order valence-corrected chi connectivity index (χ4v) is 4.76. The molecule has 36 heavy (non-hydrogen) atoms. The van der Waals surface area contributed by atoms with E-state index in [2.05, 4.69) is 20.6 Å². The lowest BCUT2D eigenvalue weighted by atomic mass is 9.83. The minimum absolute atomic E-state index is 0.226. The molecule has 7 nitrogen and oxygen atoms in total. The molecule has 0 aliphatic heterocycles. The summed E-state index contributed by atoms with van der Waals surface area (Å²) in [5.41, 5.74) is 3.59. The average molecular weight is 493 g/mol. The molecule has 3 aromatic heterocycles. The second kappa shape index (κ2) is 8.25. The van der Waals surface area contributed by atoms with E-state index in [1.54, 1.807) is 34.5 Å². The van der Waals surface area contributed by atoms with Gasteiger partial charge in [0, 0.05) is 41.2 Å². The van der Waals surface area contributed by atoms with Crippen LogP contribution in [0.1, 0.15) is 52.5 Å². The van der Waals surface area contributed by atoms with E-state index in [0.717, 1.165) is 52.7 Å². The highest BCUT2D eigenvalue weighted by molar-refractivity contribution is 6.10. The number of carbonyl (C=O) groups excluding carboxylic acids is 1. The summed E-state index contributed by atoms with van der Waals surface area (Å²) in [7, 11) is 1.78. The standard InChI is InChI=1S/C26H23F3N6O/c1-34-14-21-20-11-16(25(36)30-13-18-12-22(32-31-18)15-3-2-4-15)5-10-23(20)35(24(21)33-34)19-8-6-17(7-9-19)26(27,28)29/h5-12,14-15H,2-4,13H2,1H3,(H,30,36)(H,31,32). The second-order valence-corrected chi connectivity index (χ2v) is 9.28. The van der Waals surface area contributed by atoms with Gasteiger partial charge in [0.15, 0.2) is 5.65 Å². The molecule has 5 aromatic rings. The Balaban J connectivity index is 1.31. The first-order valence-electron chi connectivity index (χ1n) is 11.8. The zero-order valence-corrected chi connectivity index (χ0v) is 19.4. The van der Waals surface area contributed by atoms with Crippen molar-refractivity contribution in [2.75, 3.05) is 0 Å². The second-order valence-electron chi connectivity index (χ2n) is 9.28. The van der Waals surface area contributed by atoms with Crippen molar-refractivity contribution in [1.29, 1.82) is 0 Å². The number of nitrogens with one attached hydrogen (secondary N) is 2. The average Bonchev–Trinajstić information content (AvgIpc) is 3.49. The van der Waals surface area contributed by atoms with Gasteiger partial charge in [-0.1, -0.05) is 6.42 Å². The minimum Gasteiger partial charge on any atom is -0.346 e. The van der Waals surface area contributed by atoms with Crippen molar-refractivity contribution in [2.45, 2.75) is 37.9 Å². The van der Waals surface area contributed by atoms with E-state index in [0.29, 0.717) is 29.4 Å². The van der Waals surface area contributed by atoms with E-state index in [-0.39, 0.29) is 5.91 Å². The van der Waals surface area contributed by atoms with Crippen LogP contribution < -0.4 is 5.32 Å². The molecule has 0 radical (unpaired) electrons. The van der Waals surface area contributed by atoms with Gasteiger partial charge in [0.05, 0.1) is 29.0 Å². The number of carbonyl (C=O) groups is 1. The molecule has 0 saturated heterocycles. The van der Waals surface area contributed by atoms with Crippen molar-refractivity contribution < 1.29 is 18.0 Å². The van der Waals surface area contributed by atoms with Gasteiger partial charge in [-0.2, -0.15) is 23.4 Å². The van der Waals surface area contributed by atoms with Gasteiger partial charge in [-0.3, -0.25) is 19.1 Å². The van der Waals surface area contributed by atoms with Crippen LogP contribution in [0.4, 0.5) is 13.2 Å². The summed E-state index contributed by atoms with van der Waals surface area (Å²) in [6, 6.07) is 12.3. The number of rotatable bonds is 5. The number of amides is 1. The Hall–Kier alpha value is -4.08. The number of hydrogen-bond donors (Lipinski definition) is 2. The number of aryl methyl sites for hydroxylation is 1. The molecular weight excluding hydrogens is 469 g/mol. The number of aromatic amines is 1. The van der Waals surface area contributed by atoms with Gasteiger partial charge in [0.2, 0.25) is 0 Å². The van der Waals surface area contributed by atoms with Crippen molar-refractivity contribution >= 4 is 27.8 Å². The number of alkyl halides is 3. The lowest BCUT2D eigenvalue weighted by molar-refractivity contribution is -0.137. The van der Waals surface area contributed by atoms with Crippen LogP contribution in [0, 0.1) is 0 Å². The number of hydrogen-bond acceptors (Lipinski definition) is 3. The number of nitrogens with zero attached hydrogens (tertiary/aromatic N) is 4. The zero-order chi connectivity index (χ0) is 25.0. The highest BCUT2D eigenvalue weighted by Crippen LogP contribution is 2.36. The number of fused-ring (bicyclic) bond motifs is 3. The summed E-state index contributed by atoms with van der Waals surface area (Å²) in [6.07, 6.45) is 0.982. The summed E-state index contributed by atoms with van der Waals surface area (Å²) in [5.74, 6) is 0.291. The SMILES string of the molecule is Cn1cc2c3cc(C(=O)NCc4cc(C5CCC5)n[nH]4)ccc3n(-c3ccc(C(F)(F)F)cc3)c2n1. The number of benzene rings is 2. The van der Waals surface area contributed by atoms with Gasteiger partial charge >= 0.3 is 6.18 Å². The summed E-state index contributed by atoms with van der Waals surface area (Å²) >= 11 is 0. The van der Waals surface area contributed by atoms with E-state index in [1.807, 2.05) is 12.3 Å². The molecule has 6 rings (SSSR count). The molecule has 2 N–H and O–H groups in total. The van der Waals surface area contributed by atoms with Gasteiger partial charge in [-0.25, -0.2) is 0 Å². The van der Waals surface area contributed by atoms with E-state index in [1.165, 1.54) is 18.6 Å². The van der Waals surface area contributed by atoms with Crippen molar-refractivity contribution in [3.8, 4) is 5.69 Å². The quantitative estimate of drug-likeness (QED) is 0.342. The van der Waals surface area contributed by atoms with E-state index >= 15 is 0 Å². The van der Waals surface area contributed by atoms with Crippen LogP contribution in [0.3, 0.4) is 0 Å². The highest BCUT2D eigenvalue weighted by Gasteiger charge is 2.30. The van der Waals surface area contributed by atoms with Gasteiger partial charge < -0.3 is 5.32 Å². The van der Waals surface area contributed by atoms with Crippen molar-refractivity contribution in [3.05, 3.63) is 77.2 Å².